The number of hydrogen-bond acceptors (Lipinski definition) is 3. The molecule has 0 amide bonds. The second kappa shape index (κ2) is 9.80. The van der Waals surface area contributed by atoms with Gasteiger partial charge in [0.1, 0.15) is 0 Å². The van der Waals surface area contributed by atoms with Crippen molar-refractivity contribution in [2.45, 2.75) is 27.7 Å². The van der Waals surface area contributed by atoms with Crippen LogP contribution in [0.2, 0.25) is 0 Å². The number of para-hydroxylation sites is 1. The Labute approximate surface area is 198 Å². The molecule has 0 fully saturated rings. The number of rotatable bonds is 2. The van der Waals surface area contributed by atoms with E-state index >= 15 is 0 Å². The van der Waals surface area contributed by atoms with Gasteiger partial charge in [-0.2, -0.15) is 0 Å². The van der Waals surface area contributed by atoms with Crippen molar-refractivity contribution < 1.29 is 10.0 Å². The van der Waals surface area contributed by atoms with Crippen molar-refractivity contribution in [1.82, 2.24) is 4.57 Å². The fourth-order valence-electron chi connectivity index (χ4n) is 4.32. The van der Waals surface area contributed by atoms with Gasteiger partial charge < -0.3 is 14.6 Å². The van der Waals surface area contributed by atoms with Crippen molar-refractivity contribution in [2.75, 3.05) is 0 Å². The van der Waals surface area contributed by atoms with Crippen LogP contribution in [0.3, 0.4) is 0 Å². The summed E-state index contributed by atoms with van der Waals surface area (Å²) in [5.41, 5.74) is 3.77. The second-order valence-corrected chi connectivity index (χ2v) is 8.31. The first kappa shape index (κ1) is 23.1. The van der Waals surface area contributed by atoms with Crippen LogP contribution in [-0.4, -0.2) is 21.7 Å². The number of thiophene rings is 1. The van der Waals surface area contributed by atoms with Gasteiger partial charge in [0.15, 0.2) is 0 Å². The summed E-state index contributed by atoms with van der Waals surface area (Å²) in [6.07, 6.45) is 0. The molecule has 3 nitrogen and oxygen atoms in total. The molecule has 0 radical (unpaired) electrons. The van der Waals surface area contributed by atoms with Crippen molar-refractivity contribution in [2.24, 2.45) is 0 Å². The molecular formula is C28H28BNO2S. The molecule has 0 aliphatic heterocycles. The minimum atomic E-state index is -1.49. The average molecular weight is 453 g/mol. The molecule has 6 aromatic rings. The van der Waals surface area contributed by atoms with Crippen molar-refractivity contribution in [1.29, 1.82) is 0 Å². The van der Waals surface area contributed by atoms with E-state index in [1.807, 2.05) is 58.0 Å². The zero-order valence-corrected chi connectivity index (χ0v) is 20.2. The highest BCUT2D eigenvalue weighted by atomic mass is 32.1. The van der Waals surface area contributed by atoms with E-state index in [1.165, 1.54) is 20.2 Å². The van der Waals surface area contributed by atoms with Crippen LogP contribution in [0.1, 0.15) is 27.7 Å². The van der Waals surface area contributed by atoms with Crippen LogP contribution in [0.5, 0.6) is 0 Å². The highest BCUT2D eigenvalue weighted by Gasteiger charge is 2.19. The first-order chi connectivity index (χ1) is 16.2. The molecule has 166 valence electrons. The minimum Gasteiger partial charge on any atom is -0.423 e. The molecule has 6 rings (SSSR count). The third-order valence-electron chi connectivity index (χ3n) is 5.61. The highest BCUT2D eigenvalue weighted by Crippen LogP contribution is 2.42. The summed E-state index contributed by atoms with van der Waals surface area (Å²) in [5.74, 6) is 0. The Morgan fingerprint density at radius 2 is 1.33 bits per heavy atom. The quantitative estimate of drug-likeness (QED) is 0.281. The topological polar surface area (TPSA) is 45.4 Å². The third-order valence-corrected chi connectivity index (χ3v) is 6.81. The van der Waals surface area contributed by atoms with E-state index in [0.717, 1.165) is 27.5 Å². The molecule has 0 aliphatic rings. The van der Waals surface area contributed by atoms with E-state index < -0.39 is 7.12 Å². The molecular weight excluding hydrogens is 425 g/mol. The predicted octanol–water partition coefficient (Wildman–Crippen LogP) is 6.88. The summed E-state index contributed by atoms with van der Waals surface area (Å²) in [6, 6.07) is 28.8. The third kappa shape index (κ3) is 3.82. The van der Waals surface area contributed by atoms with E-state index in [1.54, 1.807) is 17.4 Å². The van der Waals surface area contributed by atoms with Gasteiger partial charge in [-0.15, -0.1) is 11.3 Å². The van der Waals surface area contributed by atoms with Crippen molar-refractivity contribution in [3.8, 4) is 5.69 Å². The number of benzene rings is 4. The fourth-order valence-corrected chi connectivity index (χ4v) is 5.58. The maximum Gasteiger partial charge on any atom is 0.488 e. The smallest absolute Gasteiger partial charge is 0.423 e. The van der Waals surface area contributed by atoms with Gasteiger partial charge in [0.25, 0.3) is 0 Å². The molecule has 0 bridgehead atoms. The molecule has 0 atom stereocenters. The van der Waals surface area contributed by atoms with Crippen LogP contribution in [-0.2, 0) is 0 Å². The SMILES string of the molecule is CC.CC.OB(O)c1ccc2c(c1)c1c3sc4ccccc4c3ccc1n2-c1ccccc1. The Bertz CT molecular complexity index is 1530. The average Bonchev–Trinajstić information content (AvgIpc) is 3.42. The Hall–Kier alpha value is -3.12. The van der Waals surface area contributed by atoms with Crippen LogP contribution in [0, 0.1) is 0 Å². The van der Waals surface area contributed by atoms with Gasteiger partial charge in [0.05, 0.1) is 11.0 Å². The lowest BCUT2D eigenvalue weighted by Gasteiger charge is -2.07. The lowest BCUT2D eigenvalue weighted by atomic mass is 9.80. The van der Waals surface area contributed by atoms with Crippen LogP contribution in [0.15, 0.2) is 84.9 Å². The Morgan fingerprint density at radius 1 is 0.667 bits per heavy atom. The first-order valence-corrected chi connectivity index (χ1v) is 12.3. The largest absolute Gasteiger partial charge is 0.488 e. The van der Waals surface area contributed by atoms with E-state index in [2.05, 4.69) is 53.1 Å². The molecule has 0 saturated heterocycles. The van der Waals surface area contributed by atoms with Gasteiger partial charge in [-0.1, -0.05) is 82.3 Å². The summed E-state index contributed by atoms with van der Waals surface area (Å²) >= 11 is 1.79. The summed E-state index contributed by atoms with van der Waals surface area (Å²) < 4.78 is 4.74. The zero-order valence-electron chi connectivity index (χ0n) is 19.4. The summed E-state index contributed by atoms with van der Waals surface area (Å²) in [7, 11) is -1.49. The predicted molar refractivity (Wildman–Crippen MR) is 146 cm³/mol. The molecule has 0 unspecified atom stereocenters. The monoisotopic (exact) mass is 453 g/mol. The Kier molecular flexibility index (Phi) is 6.84. The van der Waals surface area contributed by atoms with Gasteiger partial charge in [-0.3, -0.25) is 0 Å². The van der Waals surface area contributed by atoms with Crippen LogP contribution < -0.4 is 5.46 Å². The first-order valence-electron chi connectivity index (χ1n) is 11.5. The summed E-state index contributed by atoms with van der Waals surface area (Å²) in [6.45, 7) is 8.00. The maximum absolute atomic E-state index is 9.76. The fraction of sp³-hybridized carbons (Fsp3) is 0.143. The second-order valence-electron chi connectivity index (χ2n) is 7.26. The summed E-state index contributed by atoms with van der Waals surface area (Å²) in [4.78, 5) is 0. The van der Waals surface area contributed by atoms with E-state index in [4.69, 9.17) is 0 Å². The van der Waals surface area contributed by atoms with E-state index in [-0.39, 0.29) is 0 Å². The lowest BCUT2D eigenvalue weighted by molar-refractivity contribution is 0.426. The number of fused-ring (bicyclic) bond motifs is 7. The van der Waals surface area contributed by atoms with Gasteiger partial charge in [-0.05, 0) is 35.8 Å². The molecule has 33 heavy (non-hydrogen) atoms. The number of aromatic nitrogens is 1. The van der Waals surface area contributed by atoms with Gasteiger partial charge in [0, 0.05) is 36.6 Å². The van der Waals surface area contributed by atoms with Crippen LogP contribution >= 0.6 is 11.3 Å². The molecule has 4 aromatic carbocycles. The number of nitrogens with zero attached hydrogens (tertiary/aromatic N) is 1. The Morgan fingerprint density at radius 3 is 2.06 bits per heavy atom. The minimum absolute atomic E-state index is 0.503. The molecule has 2 aromatic heterocycles. The lowest BCUT2D eigenvalue weighted by Crippen LogP contribution is -2.29. The molecule has 5 heteroatoms. The number of hydrogen-bond donors (Lipinski definition) is 2. The highest BCUT2D eigenvalue weighted by molar-refractivity contribution is 7.26. The van der Waals surface area contributed by atoms with Crippen LogP contribution in [0.4, 0.5) is 0 Å². The van der Waals surface area contributed by atoms with Gasteiger partial charge >= 0.3 is 7.12 Å². The van der Waals surface area contributed by atoms with Gasteiger partial charge in [-0.25, -0.2) is 0 Å². The normalized spacial score (nSPS) is 10.7. The molecule has 0 aliphatic carbocycles. The zero-order chi connectivity index (χ0) is 23.5. The standard InChI is InChI=1S/C24H16BNO2S.2C2H6/c27-25(28)15-10-12-20-19(14-15)23-21(26(20)16-6-2-1-3-7-16)13-11-18-17-8-4-5-9-22(17)29-24(18)23;2*1-2/h1-14,27-28H;2*1-2H3. The molecule has 2 heterocycles. The van der Waals surface area contributed by atoms with Crippen molar-refractivity contribution in [3.05, 3.63) is 84.9 Å². The van der Waals surface area contributed by atoms with Crippen molar-refractivity contribution >= 4 is 65.9 Å². The van der Waals surface area contributed by atoms with Crippen molar-refractivity contribution in [3.63, 3.8) is 0 Å². The Balaban J connectivity index is 0.000000617. The van der Waals surface area contributed by atoms with Gasteiger partial charge in [0.2, 0.25) is 0 Å². The molecule has 0 saturated carbocycles. The summed E-state index contributed by atoms with van der Waals surface area (Å²) in [5, 5.41) is 24.2. The molecule has 2 N–H and O–H groups in total. The maximum atomic E-state index is 9.76. The van der Waals surface area contributed by atoms with Crippen LogP contribution in [0.25, 0.3) is 47.7 Å². The van der Waals surface area contributed by atoms with E-state index in [9.17, 15) is 10.0 Å². The van der Waals surface area contributed by atoms with E-state index in [0.29, 0.717) is 5.46 Å². The molecule has 0 spiro atoms.